The Morgan fingerprint density at radius 1 is 1.24 bits per heavy atom. The fraction of sp³-hybridized carbons (Fsp3) is 0.654. The number of hydrogen-bond donors (Lipinski definition) is 3. The molecule has 3 amide bonds. The molecule has 6 atom stereocenters. The Morgan fingerprint density at radius 3 is 2.56 bits per heavy atom. The minimum absolute atomic E-state index is 0.144. The zero-order valence-corrected chi connectivity index (χ0v) is 21.8. The smallest absolute Gasteiger partial charge is 0.248 e. The summed E-state index contributed by atoms with van der Waals surface area (Å²) in [6, 6.07) is 4.69. The molecule has 0 aromatic heterocycles. The number of thioether (sulfide) groups is 1. The Hall–Kier alpha value is -2.06. The van der Waals surface area contributed by atoms with Gasteiger partial charge < -0.3 is 20.6 Å². The van der Waals surface area contributed by atoms with Crippen LogP contribution in [0.4, 0.5) is 5.69 Å². The lowest BCUT2D eigenvalue weighted by Gasteiger charge is -2.37. The van der Waals surface area contributed by atoms with E-state index in [1.54, 1.807) is 23.7 Å². The molecule has 3 saturated heterocycles. The Labute approximate surface area is 206 Å². The number of aryl methyl sites for hydroxylation is 2. The number of carbonyl (C=O) groups is 3. The van der Waals surface area contributed by atoms with Gasteiger partial charge in [-0.2, -0.15) is 0 Å². The van der Waals surface area contributed by atoms with Crippen LogP contribution < -0.4 is 10.6 Å². The van der Waals surface area contributed by atoms with Crippen molar-refractivity contribution in [3.8, 4) is 0 Å². The molecule has 34 heavy (non-hydrogen) atoms. The number of benzene rings is 1. The third-order valence-electron chi connectivity index (χ3n) is 7.99. The van der Waals surface area contributed by atoms with Crippen molar-refractivity contribution in [3.05, 3.63) is 29.3 Å². The van der Waals surface area contributed by atoms with Crippen LogP contribution in [0.5, 0.6) is 0 Å². The first kappa shape index (κ1) is 25.0. The Balaban J connectivity index is 1.80. The number of hydrogen-bond acceptors (Lipinski definition) is 5. The average molecular weight is 488 g/mol. The monoisotopic (exact) mass is 487 g/mol. The highest BCUT2D eigenvalue weighted by Crippen LogP contribution is 2.71. The molecule has 2 bridgehead atoms. The van der Waals surface area contributed by atoms with Crippen molar-refractivity contribution in [1.82, 2.24) is 10.2 Å². The van der Waals surface area contributed by atoms with Crippen molar-refractivity contribution in [2.45, 2.75) is 75.5 Å². The van der Waals surface area contributed by atoms with Crippen molar-refractivity contribution < 1.29 is 19.5 Å². The quantitative estimate of drug-likeness (QED) is 0.549. The molecular weight excluding hydrogens is 450 g/mol. The van der Waals surface area contributed by atoms with E-state index in [1.807, 2.05) is 45.9 Å². The molecule has 3 N–H and O–H groups in total. The second-order valence-corrected chi connectivity index (χ2v) is 12.8. The molecule has 0 saturated carbocycles. The van der Waals surface area contributed by atoms with Crippen LogP contribution in [0.3, 0.4) is 0 Å². The van der Waals surface area contributed by atoms with E-state index >= 15 is 0 Å². The first-order valence-corrected chi connectivity index (χ1v) is 13.0. The van der Waals surface area contributed by atoms with Gasteiger partial charge in [0.2, 0.25) is 17.7 Å². The van der Waals surface area contributed by atoms with E-state index in [-0.39, 0.29) is 30.2 Å². The Kier molecular flexibility index (Phi) is 6.53. The highest BCUT2D eigenvalue weighted by Gasteiger charge is 2.77. The number of aliphatic hydroxyl groups is 1. The van der Waals surface area contributed by atoms with Crippen LogP contribution in [0.1, 0.15) is 51.2 Å². The van der Waals surface area contributed by atoms with Gasteiger partial charge in [-0.15, -0.1) is 11.8 Å². The van der Waals surface area contributed by atoms with Gasteiger partial charge >= 0.3 is 0 Å². The molecule has 4 rings (SSSR count). The van der Waals surface area contributed by atoms with Gasteiger partial charge in [-0.3, -0.25) is 14.4 Å². The maximum atomic E-state index is 14.1. The molecule has 0 radical (unpaired) electrons. The summed E-state index contributed by atoms with van der Waals surface area (Å²) in [5.41, 5.74) is 2.71. The molecule has 2 unspecified atom stereocenters. The zero-order chi connectivity index (χ0) is 25.0. The topological polar surface area (TPSA) is 98.7 Å². The zero-order valence-electron chi connectivity index (χ0n) is 21.0. The normalized spacial score (nSPS) is 32.8. The lowest BCUT2D eigenvalue weighted by Crippen LogP contribution is -2.55. The summed E-state index contributed by atoms with van der Waals surface area (Å²) >= 11 is 1.65. The lowest BCUT2D eigenvalue weighted by atomic mass is 9.66. The molecule has 186 valence electrons. The Morgan fingerprint density at radius 2 is 1.94 bits per heavy atom. The average Bonchev–Trinajstić information content (AvgIpc) is 3.34. The maximum Gasteiger partial charge on any atom is 0.248 e. The number of nitrogens with one attached hydrogen (secondary N) is 2. The van der Waals surface area contributed by atoms with Crippen LogP contribution in [-0.4, -0.2) is 63.0 Å². The minimum Gasteiger partial charge on any atom is -0.394 e. The highest BCUT2D eigenvalue weighted by molar-refractivity contribution is 8.02. The second kappa shape index (κ2) is 8.86. The van der Waals surface area contributed by atoms with Crippen molar-refractivity contribution in [2.75, 3.05) is 19.0 Å². The molecule has 3 heterocycles. The van der Waals surface area contributed by atoms with Gasteiger partial charge in [-0.05, 0) is 63.1 Å². The fourth-order valence-electron chi connectivity index (χ4n) is 6.50. The van der Waals surface area contributed by atoms with E-state index < -0.39 is 33.4 Å². The summed E-state index contributed by atoms with van der Waals surface area (Å²) < 4.78 is -1.08. The van der Waals surface area contributed by atoms with Crippen molar-refractivity contribution in [3.63, 3.8) is 0 Å². The van der Waals surface area contributed by atoms with E-state index in [0.29, 0.717) is 12.8 Å². The van der Waals surface area contributed by atoms with E-state index in [4.69, 9.17) is 0 Å². The molecule has 1 spiro atoms. The molecule has 8 heteroatoms. The first-order valence-electron chi connectivity index (χ1n) is 12.2. The molecule has 1 aromatic carbocycles. The van der Waals surface area contributed by atoms with E-state index in [2.05, 4.69) is 17.6 Å². The standard InChI is InChI=1S/C26H37N3O4S/c1-14(2)11-17(13-30)29-21(23(32)28-18-12-15(3)7-8-16(18)4)26-10-9-25(5,34-26)19(22(31)27-6)20(26)24(29)33/h7-8,12,14,17,19-21,30H,9-11,13H2,1-6H3,(H,27,31)(H,28,32)/t17-,19+,20+,21?,25-,26?/m1/s1. The summed E-state index contributed by atoms with van der Waals surface area (Å²) in [6.45, 7) is 9.85. The van der Waals surface area contributed by atoms with Gasteiger partial charge in [0, 0.05) is 17.5 Å². The number of anilines is 1. The maximum absolute atomic E-state index is 14.1. The Bertz CT molecular complexity index is 1010. The number of amides is 3. The molecule has 0 aliphatic carbocycles. The van der Waals surface area contributed by atoms with Crippen LogP contribution >= 0.6 is 11.8 Å². The van der Waals surface area contributed by atoms with Gasteiger partial charge in [-0.25, -0.2) is 0 Å². The lowest BCUT2D eigenvalue weighted by molar-refractivity contribution is -0.142. The van der Waals surface area contributed by atoms with Crippen molar-refractivity contribution in [2.24, 2.45) is 17.8 Å². The van der Waals surface area contributed by atoms with Crippen LogP contribution in [0.2, 0.25) is 0 Å². The van der Waals surface area contributed by atoms with Gasteiger partial charge in [0.25, 0.3) is 0 Å². The van der Waals surface area contributed by atoms with Gasteiger partial charge in [-0.1, -0.05) is 26.0 Å². The SMILES string of the molecule is CNC(=O)[C@@H]1[C@H]2C(=O)N([C@@H](CO)CC(C)C)C(C(=O)Nc3cc(C)ccc3C)C23CC[C@@]1(C)S3. The van der Waals surface area contributed by atoms with Crippen LogP contribution in [0, 0.1) is 31.6 Å². The molecule has 3 fully saturated rings. The number of fused-ring (bicyclic) bond motifs is 1. The molecule has 7 nitrogen and oxygen atoms in total. The number of rotatable bonds is 7. The van der Waals surface area contributed by atoms with Gasteiger partial charge in [0.15, 0.2) is 0 Å². The van der Waals surface area contributed by atoms with Crippen molar-refractivity contribution in [1.29, 1.82) is 0 Å². The predicted octanol–water partition coefficient (Wildman–Crippen LogP) is 2.88. The third kappa shape index (κ3) is 3.73. The van der Waals surface area contributed by atoms with Crippen LogP contribution in [-0.2, 0) is 14.4 Å². The van der Waals surface area contributed by atoms with Gasteiger partial charge in [0.05, 0.1) is 29.2 Å². The summed E-state index contributed by atoms with van der Waals surface area (Å²) in [4.78, 5) is 42.7. The molecule has 1 aromatic rings. The summed E-state index contributed by atoms with van der Waals surface area (Å²) in [7, 11) is 1.60. The molecule has 3 aliphatic heterocycles. The minimum atomic E-state index is -0.748. The fourth-order valence-corrected chi connectivity index (χ4v) is 8.85. The largest absolute Gasteiger partial charge is 0.394 e. The second-order valence-electron chi connectivity index (χ2n) is 10.9. The van der Waals surface area contributed by atoms with E-state index in [1.165, 1.54) is 0 Å². The summed E-state index contributed by atoms with van der Waals surface area (Å²) in [6.07, 6.45) is 2.05. The highest BCUT2D eigenvalue weighted by atomic mass is 32.2. The predicted molar refractivity (Wildman–Crippen MR) is 135 cm³/mol. The van der Waals surface area contributed by atoms with Crippen LogP contribution in [0.15, 0.2) is 18.2 Å². The number of aliphatic hydroxyl groups excluding tert-OH is 1. The van der Waals surface area contributed by atoms with Crippen LogP contribution in [0.25, 0.3) is 0 Å². The number of nitrogens with zero attached hydrogens (tertiary/aromatic N) is 1. The van der Waals surface area contributed by atoms with Gasteiger partial charge in [0.1, 0.15) is 6.04 Å². The summed E-state index contributed by atoms with van der Waals surface area (Å²) in [5.74, 6) is -1.39. The first-order chi connectivity index (χ1) is 16.0. The molecule has 3 aliphatic rings. The van der Waals surface area contributed by atoms with E-state index in [0.717, 1.165) is 23.2 Å². The third-order valence-corrected chi connectivity index (χ3v) is 9.98. The van der Waals surface area contributed by atoms with E-state index in [9.17, 15) is 19.5 Å². The summed E-state index contributed by atoms with van der Waals surface area (Å²) in [5, 5.41) is 16.2. The number of likely N-dealkylation sites (tertiary alicyclic amines) is 1. The van der Waals surface area contributed by atoms with Crippen molar-refractivity contribution >= 4 is 35.2 Å². The number of carbonyl (C=O) groups excluding carboxylic acids is 3. The molecular formula is C26H37N3O4S.